The molecule has 0 radical (unpaired) electrons. The molecule has 1 aromatic heterocycles. The van der Waals surface area contributed by atoms with Crippen molar-refractivity contribution >= 4 is 38.9 Å². The average molecular weight is 471 g/mol. The molecule has 32 heavy (non-hydrogen) atoms. The molecular formula is C22H16ClFN4O3S. The van der Waals surface area contributed by atoms with E-state index >= 15 is 0 Å². The van der Waals surface area contributed by atoms with Crippen LogP contribution in [0.1, 0.15) is 10.4 Å². The van der Waals surface area contributed by atoms with Crippen LogP contribution in [0.15, 0.2) is 84.0 Å². The Hall–Kier alpha value is -3.69. The molecule has 0 atom stereocenters. The van der Waals surface area contributed by atoms with Gasteiger partial charge < -0.3 is 10.3 Å². The number of H-pyrrole nitrogens is 1. The van der Waals surface area contributed by atoms with Gasteiger partial charge in [0.1, 0.15) is 11.6 Å². The first-order chi connectivity index (χ1) is 15.3. The first kappa shape index (κ1) is 21.5. The number of nitrogens with zero attached hydrogens (tertiary/aromatic N) is 1. The van der Waals surface area contributed by atoms with Crippen LogP contribution >= 0.6 is 11.6 Å². The number of hydrogen-bond acceptors (Lipinski definition) is 4. The molecule has 7 nitrogen and oxygen atoms in total. The Balaban J connectivity index is 1.51. The number of anilines is 2. The number of halogens is 2. The van der Waals surface area contributed by atoms with Crippen LogP contribution < -0.4 is 10.0 Å². The summed E-state index contributed by atoms with van der Waals surface area (Å²) < 4.78 is 40.6. The van der Waals surface area contributed by atoms with Gasteiger partial charge in [-0.15, -0.1) is 0 Å². The van der Waals surface area contributed by atoms with Gasteiger partial charge in [-0.1, -0.05) is 11.6 Å². The van der Waals surface area contributed by atoms with E-state index in [1.54, 1.807) is 36.7 Å². The summed E-state index contributed by atoms with van der Waals surface area (Å²) in [5, 5.41) is 2.85. The molecule has 162 valence electrons. The lowest BCUT2D eigenvalue weighted by molar-refractivity contribution is 0.102. The van der Waals surface area contributed by atoms with Gasteiger partial charge in [-0.2, -0.15) is 0 Å². The Bertz CT molecular complexity index is 1360. The molecule has 0 saturated heterocycles. The summed E-state index contributed by atoms with van der Waals surface area (Å²) in [5.74, 6) is -0.300. The third-order valence-electron chi connectivity index (χ3n) is 4.51. The summed E-state index contributed by atoms with van der Waals surface area (Å²) in [6, 6.07) is 15.6. The fourth-order valence-corrected chi connectivity index (χ4v) is 4.19. The number of nitrogens with one attached hydrogen (secondary N) is 3. The molecule has 0 aliphatic rings. The number of imidazole rings is 1. The van der Waals surface area contributed by atoms with Crippen molar-refractivity contribution in [2.75, 3.05) is 10.0 Å². The van der Waals surface area contributed by atoms with Crippen molar-refractivity contribution in [1.82, 2.24) is 9.97 Å². The Morgan fingerprint density at radius 3 is 2.38 bits per heavy atom. The number of amides is 1. The third kappa shape index (κ3) is 4.79. The maximum absolute atomic E-state index is 13.1. The van der Waals surface area contributed by atoms with Crippen molar-refractivity contribution in [2.45, 2.75) is 4.90 Å². The minimum atomic E-state index is -4.02. The number of carbonyl (C=O) groups is 1. The Kier molecular flexibility index (Phi) is 5.93. The topological polar surface area (TPSA) is 104 Å². The van der Waals surface area contributed by atoms with Crippen LogP contribution in [0, 0.1) is 5.82 Å². The van der Waals surface area contributed by atoms with E-state index in [2.05, 4.69) is 20.0 Å². The van der Waals surface area contributed by atoms with E-state index in [4.69, 9.17) is 11.6 Å². The first-order valence-electron chi connectivity index (χ1n) is 9.31. The van der Waals surface area contributed by atoms with Gasteiger partial charge in [-0.3, -0.25) is 9.52 Å². The van der Waals surface area contributed by atoms with E-state index < -0.39 is 21.7 Å². The third-order valence-corrected chi connectivity index (χ3v) is 6.22. The molecule has 4 rings (SSSR count). The highest BCUT2D eigenvalue weighted by Gasteiger charge is 2.17. The molecule has 0 aliphatic heterocycles. The zero-order valence-corrected chi connectivity index (χ0v) is 17.9. The molecule has 4 aromatic rings. The van der Waals surface area contributed by atoms with Gasteiger partial charge in [0, 0.05) is 29.2 Å². The fraction of sp³-hybridized carbons (Fsp3) is 0. The molecule has 3 aromatic carbocycles. The molecule has 0 fully saturated rings. The number of aromatic nitrogens is 2. The lowest BCUT2D eigenvalue weighted by atomic mass is 10.1. The lowest BCUT2D eigenvalue weighted by Gasteiger charge is -2.12. The van der Waals surface area contributed by atoms with Crippen molar-refractivity contribution in [3.05, 3.63) is 95.5 Å². The standard InChI is InChI=1S/C22H16ClFN4O3S/c23-19-10-3-15(13-20(19)28-32(30,31)18-8-4-16(24)5-9-18)22(29)27-17-6-1-14(2-7-17)21-25-11-12-26-21/h1-13,28H,(H,25,26)(H,27,29). The van der Waals surface area contributed by atoms with Gasteiger partial charge >= 0.3 is 0 Å². The maximum atomic E-state index is 13.1. The van der Waals surface area contributed by atoms with Crippen molar-refractivity contribution in [2.24, 2.45) is 0 Å². The highest BCUT2D eigenvalue weighted by Crippen LogP contribution is 2.27. The SMILES string of the molecule is O=C(Nc1ccc(-c2ncc[nH]2)cc1)c1ccc(Cl)c(NS(=O)(=O)c2ccc(F)cc2)c1. The van der Waals surface area contributed by atoms with Crippen LogP contribution in [0.25, 0.3) is 11.4 Å². The summed E-state index contributed by atoms with van der Waals surface area (Å²) in [7, 11) is -4.02. The molecule has 0 aliphatic carbocycles. The predicted molar refractivity (Wildman–Crippen MR) is 121 cm³/mol. The van der Waals surface area contributed by atoms with E-state index in [-0.39, 0.29) is 21.2 Å². The zero-order valence-electron chi connectivity index (χ0n) is 16.3. The maximum Gasteiger partial charge on any atom is 0.261 e. The molecule has 10 heteroatoms. The fourth-order valence-electron chi connectivity index (χ4n) is 2.90. The van der Waals surface area contributed by atoms with Crippen molar-refractivity contribution in [3.63, 3.8) is 0 Å². The number of rotatable bonds is 6. The highest BCUT2D eigenvalue weighted by molar-refractivity contribution is 7.92. The van der Waals surface area contributed by atoms with Crippen molar-refractivity contribution < 1.29 is 17.6 Å². The minimum Gasteiger partial charge on any atom is -0.345 e. The predicted octanol–water partition coefficient (Wildman–Crippen LogP) is 4.92. The van der Waals surface area contributed by atoms with E-state index in [1.807, 2.05) is 0 Å². The van der Waals surface area contributed by atoms with Crippen molar-refractivity contribution in [3.8, 4) is 11.4 Å². The quantitative estimate of drug-likeness (QED) is 0.372. The molecule has 1 heterocycles. The van der Waals surface area contributed by atoms with Gasteiger partial charge in [0.05, 0.1) is 15.6 Å². The number of hydrogen-bond donors (Lipinski definition) is 3. The van der Waals surface area contributed by atoms with E-state index in [0.717, 1.165) is 29.8 Å². The number of aromatic amines is 1. The minimum absolute atomic E-state index is 0.0248. The number of benzene rings is 3. The number of carbonyl (C=O) groups excluding carboxylic acids is 1. The van der Waals surface area contributed by atoms with Crippen LogP contribution in [0.4, 0.5) is 15.8 Å². The lowest BCUT2D eigenvalue weighted by Crippen LogP contribution is -2.15. The summed E-state index contributed by atoms with van der Waals surface area (Å²) in [6.45, 7) is 0. The smallest absolute Gasteiger partial charge is 0.261 e. The van der Waals surface area contributed by atoms with Gasteiger partial charge in [-0.25, -0.2) is 17.8 Å². The average Bonchev–Trinajstić information content (AvgIpc) is 3.31. The Labute approximate surface area is 188 Å². The van der Waals surface area contributed by atoms with Crippen LogP contribution in [-0.4, -0.2) is 24.3 Å². The zero-order chi connectivity index (χ0) is 22.7. The van der Waals surface area contributed by atoms with E-state index in [9.17, 15) is 17.6 Å². The second-order valence-electron chi connectivity index (χ2n) is 6.72. The monoisotopic (exact) mass is 470 g/mol. The summed E-state index contributed by atoms with van der Waals surface area (Å²) in [4.78, 5) is 19.7. The molecule has 3 N–H and O–H groups in total. The van der Waals surface area contributed by atoms with Gasteiger partial charge in [0.2, 0.25) is 0 Å². The van der Waals surface area contributed by atoms with Gasteiger partial charge in [-0.05, 0) is 66.7 Å². The van der Waals surface area contributed by atoms with E-state index in [0.29, 0.717) is 11.5 Å². The summed E-state index contributed by atoms with van der Waals surface area (Å²) in [6.07, 6.45) is 3.36. The van der Waals surface area contributed by atoms with Crippen molar-refractivity contribution in [1.29, 1.82) is 0 Å². The highest BCUT2D eigenvalue weighted by atomic mass is 35.5. The molecule has 0 spiro atoms. The van der Waals surface area contributed by atoms with Gasteiger partial charge in [0.15, 0.2) is 0 Å². The summed E-state index contributed by atoms with van der Waals surface area (Å²) in [5.41, 5.74) is 1.63. The molecule has 0 saturated carbocycles. The number of sulfonamides is 1. The second-order valence-corrected chi connectivity index (χ2v) is 8.81. The van der Waals surface area contributed by atoms with Gasteiger partial charge in [0.25, 0.3) is 15.9 Å². The summed E-state index contributed by atoms with van der Waals surface area (Å²) >= 11 is 6.12. The molecule has 1 amide bonds. The normalized spacial score (nSPS) is 11.2. The molecule has 0 bridgehead atoms. The molecular weight excluding hydrogens is 455 g/mol. The first-order valence-corrected chi connectivity index (χ1v) is 11.2. The van der Waals surface area contributed by atoms with Crippen LogP contribution in [0.2, 0.25) is 5.02 Å². The molecule has 0 unspecified atom stereocenters. The van der Waals surface area contributed by atoms with Crippen LogP contribution in [-0.2, 0) is 10.0 Å². The Morgan fingerprint density at radius 1 is 1.00 bits per heavy atom. The second kappa shape index (κ2) is 8.81. The van der Waals surface area contributed by atoms with E-state index in [1.165, 1.54) is 18.2 Å². The largest absolute Gasteiger partial charge is 0.345 e. The van der Waals surface area contributed by atoms with Crippen LogP contribution in [0.3, 0.4) is 0 Å². The Morgan fingerprint density at radius 2 is 1.72 bits per heavy atom. The van der Waals surface area contributed by atoms with Crippen LogP contribution in [0.5, 0.6) is 0 Å².